The van der Waals surface area contributed by atoms with E-state index in [9.17, 15) is 9.90 Å². The quantitative estimate of drug-likeness (QED) is 0.929. The summed E-state index contributed by atoms with van der Waals surface area (Å²) in [6, 6.07) is 1.80. The molecule has 1 aromatic rings. The topological polar surface area (TPSA) is 58.4 Å². The van der Waals surface area contributed by atoms with E-state index >= 15 is 0 Å². The van der Waals surface area contributed by atoms with Crippen molar-refractivity contribution >= 4 is 5.91 Å². The summed E-state index contributed by atoms with van der Waals surface area (Å²) in [5.74, 6) is 0.0282. The number of hydrogen-bond acceptors (Lipinski definition) is 3. The van der Waals surface area contributed by atoms with Gasteiger partial charge in [-0.15, -0.1) is 0 Å². The van der Waals surface area contributed by atoms with E-state index in [1.54, 1.807) is 10.7 Å². The van der Waals surface area contributed by atoms with Gasteiger partial charge in [-0.1, -0.05) is 13.3 Å². The summed E-state index contributed by atoms with van der Waals surface area (Å²) in [6.45, 7) is 6.40. The Kier molecular flexibility index (Phi) is 4.02. The number of piperidine rings is 1. The SMILES string of the molecule is CCC[C@]1(O)CCC12CCN(C(=O)c1ccn(CC)n1)CC2. The Morgan fingerprint density at radius 3 is 2.50 bits per heavy atom. The molecule has 0 unspecified atom stereocenters. The lowest BCUT2D eigenvalue weighted by molar-refractivity contribution is -0.191. The zero-order chi connectivity index (χ0) is 15.8. The van der Waals surface area contributed by atoms with Crippen LogP contribution in [0.3, 0.4) is 0 Å². The molecule has 122 valence electrons. The summed E-state index contributed by atoms with van der Waals surface area (Å²) in [6.07, 6.45) is 7.64. The predicted octanol–water partition coefficient (Wildman–Crippen LogP) is 2.45. The van der Waals surface area contributed by atoms with E-state index in [0.29, 0.717) is 5.69 Å². The zero-order valence-electron chi connectivity index (χ0n) is 13.7. The van der Waals surface area contributed by atoms with Crippen molar-refractivity contribution in [2.75, 3.05) is 13.1 Å². The van der Waals surface area contributed by atoms with Crippen LogP contribution < -0.4 is 0 Å². The molecular weight excluding hydrogens is 278 g/mol. The standard InChI is InChI=1S/C17H27N3O2/c1-3-6-17(22)8-7-16(17)9-12-19(13-10-16)15(21)14-5-11-20(4-2)18-14/h5,11,22H,3-4,6-10,12-13H2,1-2H3/t17-/m0/s1. The van der Waals surface area contributed by atoms with Crippen molar-refractivity contribution in [1.82, 2.24) is 14.7 Å². The highest BCUT2D eigenvalue weighted by Gasteiger charge is 2.58. The average Bonchev–Trinajstić information content (AvgIpc) is 3.02. The maximum Gasteiger partial charge on any atom is 0.274 e. The van der Waals surface area contributed by atoms with E-state index in [1.165, 1.54) is 0 Å². The van der Waals surface area contributed by atoms with Crippen molar-refractivity contribution in [2.24, 2.45) is 5.41 Å². The summed E-state index contributed by atoms with van der Waals surface area (Å²) in [5, 5.41) is 15.2. The highest BCUT2D eigenvalue weighted by atomic mass is 16.3. The molecule has 1 amide bonds. The maximum atomic E-state index is 12.5. The predicted molar refractivity (Wildman–Crippen MR) is 84.6 cm³/mol. The van der Waals surface area contributed by atoms with Crippen molar-refractivity contribution in [2.45, 2.75) is 64.5 Å². The molecule has 2 fully saturated rings. The van der Waals surface area contributed by atoms with E-state index in [2.05, 4.69) is 12.0 Å². The third-order valence-corrected chi connectivity index (χ3v) is 5.86. The second-order valence-electron chi connectivity index (χ2n) is 6.91. The Morgan fingerprint density at radius 1 is 1.27 bits per heavy atom. The Morgan fingerprint density at radius 2 is 2.00 bits per heavy atom. The van der Waals surface area contributed by atoms with Gasteiger partial charge < -0.3 is 10.0 Å². The molecule has 1 saturated heterocycles. The summed E-state index contributed by atoms with van der Waals surface area (Å²) in [7, 11) is 0. The van der Waals surface area contributed by atoms with Crippen LogP contribution in [0.5, 0.6) is 0 Å². The van der Waals surface area contributed by atoms with E-state index in [0.717, 1.165) is 58.2 Å². The molecule has 22 heavy (non-hydrogen) atoms. The van der Waals surface area contributed by atoms with Crippen molar-refractivity contribution in [3.8, 4) is 0 Å². The number of aryl methyl sites for hydroxylation is 1. The van der Waals surface area contributed by atoms with Gasteiger partial charge in [0, 0.05) is 31.2 Å². The van der Waals surface area contributed by atoms with Gasteiger partial charge >= 0.3 is 0 Å². The molecule has 1 spiro atoms. The minimum atomic E-state index is -0.485. The first-order chi connectivity index (χ1) is 10.5. The molecule has 1 atom stereocenters. The minimum absolute atomic E-state index is 0.0282. The third-order valence-electron chi connectivity index (χ3n) is 5.86. The molecule has 2 aliphatic rings. The molecule has 5 heteroatoms. The first-order valence-corrected chi connectivity index (χ1v) is 8.59. The number of likely N-dealkylation sites (tertiary alicyclic amines) is 1. The Balaban J connectivity index is 1.63. The number of hydrogen-bond donors (Lipinski definition) is 1. The Bertz CT molecular complexity index is 546. The normalized spacial score (nSPS) is 27.0. The molecule has 1 aliphatic carbocycles. The number of rotatable bonds is 4. The Hall–Kier alpha value is -1.36. The fourth-order valence-electron chi connectivity index (χ4n) is 4.24. The van der Waals surface area contributed by atoms with E-state index in [-0.39, 0.29) is 11.3 Å². The van der Waals surface area contributed by atoms with Crippen LogP contribution in [-0.4, -0.2) is 44.4 Å². The molecule has 1 aliphatic heterocycles. The summed E-state index contributed by atoms with van der Waals surface area (Å²) >= 11 is 0. The van der Waals surface area contributed by atoms with E-state index in [4.69, 9.17) is 0 Å². The number of amides is 1. The lowest BCUT2D eigenvalue weighted by Crippen LogP contribution is -2.61. The molecular formula is C17H27N3O2. The molecule has 2 heterocycles. The zero-order valence-corrected chi connectivity index (χ0v) is 13.7. The van der Waals surface area contributed by atoms with Crippen LogP contribution in [0, 0.1) is 5.41 Å². The van der Waals surface area contributed by atoms with Gasteiger partial charge in [-0.05, 0) is 45.1 Å². The van der Waals surface area contributed by atoms with Crippen molar-refractivity contribution in [1.29, 1.82) is 0 Å². The van der Waals surface area contributed by atoms with Crippen molar-refractivity contribution in [3.63, 3.8) is 0 Å². The van der Waals surface area contributed by atoms with Crippen molar-refractivity contribution < 1.29 is 9.90 Å². The highest BCUT2D eigenvalue weighted by molar-refractivity contribution is 5.92. The lowest BCUT2D eigenvalue weighted by atomic mass is 9.51. The van der Waals surface area contributed by atoms with Gasteiger partial charge in [0.2, 0.25) is 0 Å². The molecule has 0 bridgehead atoms. The smallest absolute Gasteiger partial charge is 0.274 e. The second-order valence-corrected chi connectivity index (χ2v) is 6.91. The highest BCUT2D eigenvalue weighted by Crippen LogP contribution is 2.58. The summed E-state index contributed by atoms with van der Waals surface area (Å²) in [5.41, 5.74) is 0.110. The van der Waals surface area contributed by atoms with Gasteiger partial charge in [-0.25, -0.2) is 0 Å². The van der Waals surface area contributed by atoms with Gasteiger partial charge in [0.1, 0.15) is 5.69 Å². The minimum Gasteiger partial charge on any atom is -0.389 e. The number of carbonyl (C=O) groups excluding carboxylic acids is 1. The van der Waals surface area contributed by atoms with Gasteiger partial charge in [0.15, 0.2) is 0 Å². The molecule has 1 N–H and O–H groups in total. The third kappa shape index (κ3) is 2.35. The largest absolute Gasteiger partial charge is 0.389 e. The maximum absolute atomic E-state index is 12.5. The number of aromatic nitrogens is 2. The summed E-state index contributed by atoms with van der Waals surface area (Å²) in [4.78, 5) is 14.4. The van der Waals surface area contributed by atoms with Crippen LogP contribution in [0.15, 0.2) is 12.3 Å². The van der Waals surface area contributed by atoms with Gasteiger partial charge in [0.05, 0.1) is 5.60 Å². The first kappa shape index (κ1) is 15.5. The van der Waals surface area contributed by atoms with Crippen LogP contribution in [0.25, 0.3) is 0 Å². The summed E-state index contributed by atoms with van der Waals surface area (Å²) < 4.78 is 1.78. The molecule has 0 radical (unpaired) electrons. The van der Waals surface area contributed by atoms with Crippen LogP contribution in [0.2, 0.25) is 0 Å². The van der Waals surface area contributed by atoms with E-state index < -0.39 is 5.60 Å². The fourth-order valence-corrected chi connectivity index (χ4v) is 4.24. The van der Waals surface area contributed by atoms with Crippen molar-refractivity contribution in [3.05, 3.63) is 18.0 Å². The van der Waals surface area contributed by atoms with Gasteiger partial charge in [-0.2, -0.15) is 5.10 Å². The lowest BCUT2D eigenvalue weighted by Gasteiger charge is -2.59. The van der Waals surface area contributed by atoms with E-state index in [1.807, 2.05) is 18.0 Å². The number of carbonyl (C=O) groups is 1. The van der Waals surface area contributed by atoms with Crippen LogP contribution >= 0.6 is 0 Å². The molecule has 5 nitrogen and oxygen atoms in total. The number of aliphatic hydroxyl groups is 1. The Labute approximate surface area is 132 Å². The average molecular weight is 305 g/mol. The monoisotopic (exact) mass is 305 g/mol. The molecule has 0 aromatic carbocycles. The second kappa shape index (κ2) is 5.69. The molecule has 1 saturated carbocycles. The molecule has 1 aromatic heterocycles. The van der Waals surface area contributed by atoms with Crippen LogP contribution in [0.1, 0.15) is 62.9 Å². The fraction of sp³-hybridized carbons (Fsp3) is 0.765. The first-order valence-electron chi connectivity index (χ1n) is 8.59. The molecule has 3 rings (SSSR count). The van der Waals surface area contributed by atoms with Gasteiger partial charge in [0.25, 0.3) is 5.91 Å². The van der Waals surface area contributed by atoms with Gasteiger partial charge in [-0.3, -0.25) is 9.48 Å². The van der Waals surface area contributed by atoms with Crippen LogP contribution in [-0.2, 0) is 6.54 Å². The number of nitrogens with zero attached hydrogens (tertiary/aromatic N) is 3. The van der Waals surface area contributed by atoms with Crippen LogP contribution in [0.4, 0.5) is 0 Å².